The number of halogens is 1. The van der Waals surface area contributed by atoms with E-state index in [-0.39, 0.29) is 12.4 Å². The van der Waals surface area contributed by atoms with E-state index >= 15 is 0 Å². The third kappa shape index (κ3) is 22.2. The van der Waals surface area contributed by atoms with Gasteiger partial charge in [-0.1, -0.05) is 97.3 Å². The highest BCUT2D eigenvalue weighted by Crippen LogP contribution is 2.13. The molecule has 0 saturated carbocycles. The molecule has 1 nitrogen and oxygen atoms in total. The fourth-order valence-corrected chi connectivity index (χ4v) is 3.64. The molecule has 0 spiro atoms. The molecule has 0 bridgehead atoms. The second-order valence-electron chi connectivity index (χ2n) is 8.69. The summed E-state index contributed by atoms with van der Waals surface area (Å²) in [6.07, 6.45) is 24.5. The van der Waals surface area contributed by atoms with Gasteiger partial charge in [-0.25, -0.2) is 0 Å². The SMILES string of the molecule is CCCCCCCCCCCCCC[N+](C)(C)CCCCCCC.[Cl-]. The van der Waals surface area contributed by atoms with Crippen LogP contribution in [-0.2, 0) is 0 Å². The van der Waals surface area contributed by atoms with E-state index in [1.807, 2.05) is 0 Å². The Bertz CT molecular complexity index is 240. The second kappa shape index (κ2) is 20.6. The van der Waals surface area contributed by atoms with Crippen LogP contribution in [0.4, 0.5) is 0 Å². The summed E-state index contributed by atoms with van der Waals surface area (Å²) >= 11 is 0. The normalized spacial score (nSPS) is 11.5. The lowest BCUT2D eigenvalue weighted by Crippen LogP contribution is -3.00. The van der Waals surface area contributed by atoms with Crippen molar-refractivity contribution in [2.24, 2.45) is 0 Å². The first-order valence-electron chi connectivity index (χ1n) is 11.4. The molecule has 0 aromatic carbocycles. The van der Waals surface area contributed by atoms with E-state index < -0.39 is 0 Å². The molecule has 0 aliphatic carbocycles. The van der Waals surface area contributed by atoms with Gasteiger partial charge < -0.3 is 16.9 Å². The van der Waals surface area contributed by atoms with Gasteiger partial charge in [-0.3, -0.25) is 0 Å². The summed E-state index contributed by atoms with van der Waals surface area (Å²) in [5.74, 6) is 0. The Labute approximate surface area is 167 Å². The molecular weight excluding hydrogens is 326 g/mol. The third-order valence-electron chi connectivity index (χ3n) is 5.48. The molecule has 0 aliphatic heterocycles. The lowest BCUT2D eigenvalue weighted by atomic mass is 10.1. The molecule has 0 N–H and O–H groups in total. The van der Waals surface area contributed by atoms with Crippen LogP contribution in [0.15, 0.2) is 0 Å². The number of quaternary nitrogens is 1. The van der Waals surface area contributed by atoms with Crippen molar-refractivity contribution in [1.29, 1.82) is 0 Å². The van der Waals surface area contributed by atoms with Crippen molar-refractivity contribution in [3.05, 3.63) is 0 Å². The van der Waals surface area contributed by atoms with Crippen LogP contribution in [-0.4, -0.2) is 31.7 Å². The summed E-state index contributed by atoms with van der Waals surface area (Å²) in [6, 6.07) is 0. The second-order valence-corrected chi connectivity index (χ2v) is 8.69. The first kappa shape index (κ1) is 27.5. The van der Waals surface area contributed by atoms with Crippen molar-refractivity contribution in [3.8, 4) is 0 Å². The van der Waals surface area contributed by atoms with Crippen LogP contribution < -0.4 is 12.4 Å². The molecule has 0 heterocycles. The maximum absolute atomic E-state index is 2.43. The van der Waals surface area contributed by atoms with Crippen molar-refractivity contribution in [2.45, 2.75) is 123 Å². The molecular formula is C23H50ClN. The summed E-state index contributed by atoms with van der Waals surface area (Å²) < 4.78 is 1.24. The van der Waals surface area contributed by atoms with Crippen LogP contribution in [0.2, 0.25) is 0 Å². The van der Waals surface area contributed by atoms with Gasteiger partial charge in [0, 0.05) is 0 Å². The Morgan fingerprint density at radius 2 is 0.640 bits per heavy atom. The van der Waals surface area contributed by atoms with Crippen LogP contribution in [0.3, 0.4) is 0 Å². The van der Waals surface area contributed by atoms with Crippen molar-refractivity contribution in [1.82, 2.24) is 0 Å². The number of rotatable bonds is 19. The Balaban J connectivity index is 0. The first-order valence-corrected chi connectivity index (χ1v) is 11.4. The average molecular weight is 376 g/mol. The molecule has 0 amide bonds. The molecule has 0 aliphatic rings. The van der Waals surface area contributed by atoms with Crippen molar-refractivity contribution in [3.63, 3.8) is 0 Å². The smallest absolute Gasteiger partial charge is 0.0782 e. The zero-order chi connectivity index (χ0) is 17.9. The molecule has 0 radical (unpaired) electrons. The van der Waals surface area contributed by atoms with Gasteiger partial charge in [-0.15, -0.1) is 0 Å². The molecule has 0 unspecified atom stereocenters. The van der Waals surface area contributed by atoms with E-state index in [9.17, 15) is 0 Å². The van der Waals surface area contributed by atoms with Crippen LogP contribution in [0.5, 0.6) is 0 Å². The number of hydrogen-bond acceptors (Lipinski definition) is 0. The standard InChI is InChI=1S/C23H50N.ClH/c1-5-7-9-11-12-13-14-15-16-17-19-21-23-24(3,4)22-20-18-10-8-6-2;/h5-23H2,1-4H3;1H/q+1;/p-1. The monoisotopic (exact) mass is 375 g/mol. The van der Waals surface area contributed by atoms with Crippen molar-refractivity contribution in [2.75, 3.05) is 27.2 Å². The predicted octanol–water partition coefficient (Wildman–Crippen LogP) is 4.74. The lowest BCUT2D eigenvalue weighted by molar-refractivity contribution is -0.890. The van der Waals surface area contributed by atoms with E-state index in [2.05, 4.69) is 27.9 Å². The maximum atomic E-state index is 2.43. The minimum atomic E-state index is 0. The molecule has 0 aromatic heterocycles. The highest BCUT2D eigenvalue weighted by atomic mass is 35.5. The van der Waals surface area contributed by atoms with Gasteiger partial charge in [0.05, 0.1) is 27.2 Å². The van der Waals surface area contributed by atoms with Crippen LogP contribution in [0.1, 0.15) is 123 Å². The molecule has 0 atom stereocenters. The van der Waals surface area contributed by atoms with Crippen LogP contribution in [0, 0.1) is 0 Å². The van der Waals surface area contributed by atoms with Crippen molar-refractivity contribution >= 4 is 0 Å². The number of unbranched alkanes of at least 4 members (excludes halogenated alkanes) is 15. The van der Waals surface area contributed by atoms with E-state index in [1.54, 1.807) is 0 Å². The average Bonchev–Trinajstić information content (AvgIpc) is 2.55. The van der Waals surface area contributed by atoms with Gasteiger partial charge in [0.15, 0.2) is 0 Å². The van der Waals surface area contributed by atoms with E-state index in [0.717, 1.165) is 0 Å². The summed E-state index contributed by atoms with van der Waals surface area (Å²) in [6.45, 7) is 7.36. The largest absolute Gasteiger partial charge is 1.00 e. The summed E-state index contributed by atoms with van der Waals surface area (Å²) in [5, 5.41) is 0. The van der Waals surface area contributed by atoms with E-state index in [0.29, 0.717) is 0 Å². The molecule has 0 rings (SSSR count). The van der Waals surface area contributed by atoms with E-state index in [1.165, 1.54) is 127 Å². The Morgan fingerprint density at radius 1 is 0.400 bits per heavy atom. The van der Waals surface area contributed by atoms with Crippen LogP contribution >= 0.6 is 0 Å². The number of nitrogens with zero attached hydrogens (tertiary/aromatic N) is 1. The third-order valence-corrected chi connectivity index (χ3v) is 5.48. The summed E-state index contributed by atoms with van der Waals surface area (Å²) in [7, 11) is 4.86. The highest BCUT2D eigenvalue weighted by Gasteiger charge is 2.13. The molecule has 2 heteroatoms. The molecule has 0 fully saturated rings. The van der Waals surface area contributed by atoms with Gasteiger partial charge >= 0.3 is 0 Å². The maximum Gasteiger partial charge on any atom is 0.0782 e. The Morgan fingerprint density at radius 3 is 0.920 bits per heavy atom. The fraction of sp³-hybridized carbons (Fsp3) is 1.00. The molecule has 0 saturated heterocycles. The van der Waals surface area contributed by atoms with Gasteiger partial charge in [-0.2, -0.15) is 0 Å². The predicted molar refractivity (Wildman–Crippen MR) is 112 cm³/mol. The molecule has 154 valence electrons. The fourth-order valence-electron chi connectivity index (χ4n) is 3.64. The van der Waals surface area contributed by atoms with Gasteiger partial charge in [0.25, 0.3) is 0 Å². The van der Waals surface area contributed by atoms with Gasteiger partial charge in [-0.05, 0) is 25.7 Å². The minimum absolute atomic E-state index is 0. The Hall–Kier alpha value is 0.250. The lowest BCUT2D eigenvalue weighted by Gasteiger charge is -2.30. The summed E-state index contributed by atoms with van der Waals surface area (Å²) in [4.78, 5) is 0. The zero-order valence-electron chi connectivity index (χ0n) is 18.3. The van der Waals surface area contributed by atoms with Gasteiger partial charge in [0.2, 0.25) is 0 Å². The zero-order valence-corrected chi connectivity index (χ0v) is 19.0. The minimum Gasteiger partial charge on any atom is -1.00 e. The van der Waals surface area contributed by atoms with E-state index in [4.69, 9.17) is 0 Å². The van der Waals surface area contributed by atoms with Gasteiger partial charge in [0.1, 0.15) is 0 Å². The topological polar surface area (TPSA) is 0 Å². The highest BCUT2D eigenvalue weighted by molar-refractivity contribution is 4.49. The van der Waals surface area contributed by atoms with Crippen LogP contribution in [0.25, 0.3) is 0 Å². The quantitative estimate of drug-likeness (QED) is 0.226. The number of hydrogen-bond donors (Lipinski definition) is 0. The molecule has 25 heavy (non-hydrogen) atoms. The summed E-state index contributed by atoms with van der Waals surface area (Å²) in [5.41, 5.74) is 0. The van der Waals surface area contributed by atoms with Crippen molar-refractivity contribution < 1.29 is 16.9 Å². The first-order chi connectivity index (χ1) is 11.6. The molecule has 0 aromatic rings. The Kier molecular flexibility index (Phi) is 22.6.